The van der Waals surface area contributed by atoms with Crippen molar-refractivity contribution < 1.29 is 0 Å². The third kappa shape index (κ3) is 4.37. The Morgan fingerprint density at radius 2 is 1.92 bits per heavy atom. The van der Waals surface area contributed by atoms with Crippen LogP contribution in [0.3, 0.4) is 0 Å². The van der Waals surface area contributed by atoms with E-state index in [2.05, 4.69) is 44.6 Å². The first-order chi connectivity index (χ1) is 5.61. The molecule has 0 saturated heterocycles. The van der Waals surface area contributed by atoms with E-state index in [9.17, 15) is 0 Å². The standard InChI is InChI=1S/C10H22N2/c1-6-8-10(11-9(3)4)12(5)7-2/h9H,6-8H2,1-5H3/b11-10+. The third-order valence-corrected chi connectivity index (χ3v) is 1.80. The van der Waals surface area contributed by atoms with Crippen molar-refractivity contribution in [2.24, 2.45) is 4.99 Å². The van der Waals surface area contributed by atoms with E-state index in [1.54, 1.807) is 0 Å². The summed E-state index contributed by atoms with van der Waals surface area (Å²) in [6.45, 7) is 9.65. The van der Waals surface area contributed by atoms with Gasteiger partial charge in [-0.1, -0.05) is 6.92 Å². The van der Waals surface area contributed by atoms with Gasteiger partial charge in [-0.05, 0) is 27.2 Å². The minimum atomic E-state index is 0.417. The second-order valence-corrected chi connectivity index (χ2v) is 3.40. The number of aliphatic imine (C=N–C) groups is 1. The van der Waals surface area contributed by atoms with Crippen LogP contribution in [0.5, 0.6) is 0 Å². The van der Waals surface area contributed by atoms with Gasteiger partial charge in [-0.25, -0.2) is 0 Å². The molecule has 0 aliphatic heterocycles. The number of hydrogen-bond donors (Lipinski definition) is 0. The van der Waals surface area contributed by atoms with Crippen LogP contribution >= 0.6 is 0 Å². The maximum absolute atomic E-state index is 4.58. The summed E-state index contributed by atoms with van der Waals surface area (Å²) in [5.41, 5.74) is 0. The number of hydrogen-bond acceptors (Lipinski definition) is 1. The van der Waals surface area contributed by atoms with Crippen LogP contribution in [-0.2, 0) is 0 Å². The fourth-order valence-corrected chi connectivity index (χ4v) is 1.06. The lowest BCUT2D eigenvalue weighted by Crippen LogP contribution is -2.27. The molecule has 0 atom stereocenters. The maximum atomic E-state index is 4.58. The molecule has 0 aromatic carbocycles. The van der Waals surface area contributed by atoms with Gasteiger partial charge in [0.2, 0.25) is 0 Å². The van der Waals surface area contributed by atoms with E-state index in [-0.39, 0.29) is 0 Å². The third-order valence-electron chi connectivity index (χ3n) is 1.80. The van der Waals surface area contributed by atoms with Crippen molar-refractivity contribution in [3.05, 3.63) is 0 Å². The van der Waals surface area contributed by atoms with Crippen LogP contribution in [0, 0.1) is 0 Å². The molecule has 0 bridgehead atoms. The molecule has 0 radical (unpaired) electrons. The molecule has 0 rings (SSSR count). The molecule has 0 spiro atoms. The van der Waals surface area contributed by atoms with Crippen molar-refractivity contribution in [2.45, 2.75) is 46.6 Å². The lowest BCUT2D eigenvalue weighted by atomic mass is 10.3. The molecule has 0 aromatic heterocycles. The minimum absolute atomic E-state index is 0.417. The van der Waals surface area contributed by atoms with E-state index < -0.39 is 0 Å². The van der Waals surface area contributed by atoms with Crippen molar-refractivity contribution in [2.75, 3.05) is 13.6 Å². The first kappa shape index (κ1) is 11.5. The summed E-state index contributed by atoms with van der Waals surface area (Å²) in [4.78, 5) is 6.81. The normalized spacial score (nSPS) is 12.3. The number of nitrogens with zero attached hydrogens (tertiary/aromatic N) is 2. The first-order valence-corrected chi connectivity index (χ1v) is 4.89. The van der Waals surface area contributed by atoms with Crippen LogP contribution in [0.4, 0.5) is 0 Å². The zero-order valence-electron chi connectivity index (χ0n) is 9.09. The SMILES string of the molecule is CCC/C(=N\C(C)C)N(C)CC. The Kier molecular flexibility index (Phi) is 5.77. The first-order valence-electron chi connectivity index (χ1n) is 4.89. The lowest BCUT2D eigenvalue weighted by Gasteiger charge is -2.19. The van der Waals surface area contributed by atoms with Gasteiger partial charge in [0.15, 0.2) is 0 Å². The predicted molar refractivity (Wildman–Crippen MR) is 55.8 cm³/mol. The fraction of sp³-hybridized carbons (Fsp3) is 0.900. The lowest BCUT2D eigenvalue weighted by molar-refractivity contribution is 0.513. The second kappa shape index (κ2) is 6.04. The molecule has 12 heavy (non-hydrogen) atoms. The Balaban J connectivity index is 4.20. The van der Waals surface area contributed by atoms with Gasteiger partial charge in [0.1, 0.15) is 0 Å². The molecule has 0 amide bonds. The summed E-state index contributed by atoms with van der Waals surface area (Å²) in [5, 5.41) is 0. The van der Waals surface area contributed by atoms with Crippen molar-refractivity contribution in [1.82, 2.24) is 4.90 Å². The summed E-state index contributed by atoms with van der Waals surface area (Å²) in [6.07, 6.45) is 2.28. The molecule has 0 saturated carbocycles. The summed E-state index contributed by atoms with van der Waals surface area (Å²) in [5.74, 6) is 1.25. The molecule has 0 unspecified atom stereocenters. The molecule has 72 valence electrons. The molecule has 2 heteroatoms. The highest BCUT2D eigenvalue weighted by Crippen LogP contribution is 2.00. The zero-order valence-corrected chi connectivity index (χ0v) is 9.09. The molecule has 0 fully saturated rings. The van der Waals surface area contributed by atoms with E-state index in [1.165, 1.54) is 12.3 Å². The smallest absolute Gasteiger partial charge is 0.0989 e. The molecular formula is C10H22N2. The largest absolute Gasteiger partial charge is 0.364 e. The number of rotatable bonds is 4. The van der Waals surface area contributed by atoms with Crippen molar-refractivity contribution in [3.63, 3.8) is 0 Å². The van der Waals surface area contributed by atoms with E-state index in [0.29, 0.717) is 6.04 Å². The van der Waals surface area contributed by atoms with Crippen LogP contribution in [0.15, 0.2) is 4.99 Å². The fourth-order valence-electron chi connectivity index (χ4n) is 1.06. The summed E-state index contributed by atoms with van der Waals surface area (Å²) < 4.78 is 0. The van der Waals surface area contributed by atoms with Crippen LogP contribution in [0.2, 0.25) is 0 Å². The monoisotopic (exact) mass is 170 g/mol. The average Bonchev–Trinajstić information content (AvgIpc) is 2.01. The Morgan fingerprint density at radius 3 is 2.25 bits per heavy atom. The van der Waals surface area contributed by atoms with Crippen LogP contribution < -0.4 is 0 Å². The molecule has 2 nitrogen and oxygen atoms in total. The minimum Gasteiger partial charge on any atom is -0.364 e. The van der Waals surface area contributed by atoms with Gasteiger partial charge >= 0.3 is 0 Å². The van der Waals surface area contributed by atoms with Gasteiger partial charge in [0.05, 0.1) is 5.84 Å². The Hall–Kier alpha value is -0.530. The maximum Gasteiger partial charge on any atom is 0.0989 e. The summed E-state index contributed by atoms with van der Waals surface area (Å²) in [7, 11) is 2.11. The second-order valence-electron chi connectivity index (χ2n) is 3.40. The Morgan fingerprint density at radius 1 is 1.33 bits per heavy atom. The quantitative estimate of drug-likeness (QED) is 0.467. The predicted octanol–water partition coefficient (Wildman–Crippen LogP) is 2.55. The highest BCUT2D eigenvalue weighted by Gasteiger charge is 2.03. The molecule has 0 aliphatic rings. The van der Waals surface area contributed by atoms with E-state index in [1.807, 2.05) is 0 Å². The van der Waals surface area contributed by atoms with E-state index in [4.69, 9.17) is 0 Å². The molecule has 0 aromatic rings. The highest BCUT2D eigenvalue weighted by atomic mass is 15.2. The van der Waals surface area contributed by atoms with Crippen molar-refractivity contribution in [3.8, 4) is 0 Å². The average molecular weight is 170 g/mol. The van der Waals surface area contributed by atoms with Gasteiger partial charge in [-0.2, -0.15) is 0 Å². The van der Waals surface area contributed by atoms with Crippen molar-refractivity contribution in [1.29, 1.82) is 0 Å². The topological polar surface area (TPSA) is 15.6 Å². The van der Waals surface area contributed by atoms with E-state index >= 15 is 0 Å². The van der Waals surface area contributed by atoms with Gasteiger partial charge in [0, 0.05) is 26.1 Å². The Bertz CT molecular complexity index is 139. The van der Waals surface area contributed by atoms with E-state index in [0.717, 1.165) is 13.0 Å². The molecule has 0 heterocycles. The summed E-state index contributed by atoms with van der Waals surface area (Å²) in [6, 6.07) is 0.417. The van der Waals surface area contributed by atoms with Crippen LogP contribution in [0.25, 0.3) is 0 Å². The molecule has 0 aliphatic carbocycles. The molecule has 0 N–H and O–H groups in total. The van der Waals surface area contributed by atoms with Crippen LogP contribution in [0.1, 0.15) is 40.5 Å². The van der Waals surface area contributed by atoms with Gasteiger partial charge in [-0.15, -0.1) is 0 Å². The Labute approximate surface area is 76.7 Å². The van der Waals surface area contributed by atoms with Crippen LogP contribution in [-0.4, -0.2) is 30.4 Å². The zero-order chi connectivity index (χ0) is 9.56. The summed E-state index contributed by atoms with van der Waals surface area (Å²) >= 11 is 0. The number of amidine groups is 1. The van der Waals surface area contributed by atoms with Gasteiger partial charge in [-0.3, -0.25) is 4.99 Å². The van der Waals surface area contributed by atoms with Gasteiger partial charge < -0.3 is 4.90 Å². The highest BCUT2D eigenvalue weighted by molar-refractivity contribution is 5.82. The van der Waals surface area contributed by atoms with Crippen molar-refractivity contribution >= 4 is 5.84 Å². The molecular weight excluding hydrogens is 148 g/mol. The van der Waals surface area contributed by atoms with Gasteiger partial charge in [0.25, 0.3) is 0 Å².